The predicted molar refractivity (Wildman–Crippen MR) is 117 cm³/mol. The van der Waals surface area contributed by atoms with Crippen molar-refractivity contribution in [3.8, 4) is 5.75 Å². The van der Waals surface area contributed by atoms with Gasteiger partial charge in [-0.15, -0.1) is 24.0 Å². The van der Waals surface area contributed by atoms with Gasteiger partial charge in [0.25, 0.3) is 0 Å². The summed E-state index contributed by atoms with van der Waals surface area (Å²) in [6, 6.07) is 8.29. The lowest BCUT2D eigenvalue weighted by atomic mass is 9.98. The van der Waals surface area contributed by atoms with Crippen LogP contribution in [0.15, 0.2) is 41.7 Å². The third-order valence-electron chi connectivity index (χ3n) is 4.08. The number of guanidine groups is 1. The van der Waals surface area contributed by atoms with Crippen LogP contribution in [-0.4, -0.2) is 35.9 Å². The van der Waals surface area contributed by atoms with Crippen molar-refractivity contribution in [2.75, 3.05) is 20.2 Å². The van der Waals surface area contributed by atoms with Gasteiger partial charge >= 0.3 is 0 Å². The molecule has 1 aromatic carbocycles. The Labute approximate surface area is 173 Å². The van der Waals surface area contributed by atoms with Crippen LogP contribution in [0.5, 0.6) is 5.75 Å². The van der Waals surface area contributed by atoms with Crippen molar-refractivity contribution in [2.24, 2.45) is 12.0 Å². The fraction of sp³-hybridized carbons (Fsp3) is 0.474. The van der Waals surface area contributed by atoms with Gasteiger partial charge in [0.15, 0.2) is 5.96 Å². The monoisotopic (exact) mass is 471 g/mol. The van der Waals surface area contributed by atoms with Gasteiger partial charge in [0, 0.05) is 31.9 Å². The van der Waals surface area contributed by atoms with Crippen molar-refractivity contribution in [3.63, 3.8) is 0 Å². The Hall–Kier alpha value is -1.77. The van der Waals surface area contributed by atoms with Crippen LogP contribution in [0.4, 0.5) is 0 Å². The van der Waals surface area contributed by atoms with Gasteiger partial charge in [-0.2, -0.15) is 5.10 Å². The molecule has 0 aliphatic carbocycles. The number of aryl methyl sites for hydroxylation is 1. The zero-order chi connectivity index (χ0) is 18.1. The standard InChI is InChI=1S/C19H29N5O.HI/c1-5-20-19(22-12-16-13-23-24(3)14-16)21-11-10-15(2)17-6-8-18(25-4)9-7-17;/h6-9,13-15H,5,10-12H2,1-4H3,(H2,20,21,22);1H. The summed E-state index contributed by atoms with van der Waals surface area (Å²) in [4.78, 5) is 4.61. The summed E-state index contributed by atoms with van der Waals surface area (Å²) in [5, 5.41) is 10.9. The van der Waals surface area contributed by atoms with E-state index in [-0.39, 0.29) is 24.0 Å². The second-order valence-corrected chi connectivity index (χ2v) is 6.11. The van der Waals surface area contributed by atoms with Crippen LogP contribution in [0.3, 0.4) is 0 Å². The lowest BCUT2D eigenvalue weighted by Crippen LogP contribution is -2.38. The highest BCUT2D eigenvalue weighted by Crippen LogP contribution is 2.21. The fourth-order valence-electron chi connectivity index (χ4n) is 2.57. The summed E-state index contributed by atoms with van der Waals surface area (Å²) in [7, 11) is 3.60. The quantitative estimate of drug-likeness (QED) is 0.353. The minimum absolute atomic E-state index is 0. The largest absolute Gasteiger partial charge is 0.497 e. The number of aliphatic imine (C=N–C) groups is 1. The number of benzene rings is 1. The summed E-state index contributed by atoms with van der Waals surface area (Å²) in [5.74, 6) is 2.21. The van der Waals surface area contributed by atoms with E-state index in [9.17, 15) is 0 Å². The number of nitrogens with one attached hydrogen (secondary N) is 2. The lowest BCUT2D eigenvalue weighted by Gasteiger charge is -2.15. The lowest BCUT2D eigenvalue weighted by molar-refractivity contribution is 0.414. The highest BCUT2D eigenvalue weighted by atomic mass is 127. The Balaban J connectivity index is 0.00000338. The van der Waals surface area contributed by atoms with E-state index in [1.54, 1.807) is 11.8 Å². The molecule has 0 aliphatic heterocycles. The Morgan fingerprint density at radius 1 is 1.27 bits per heavy atom. The van der Waals surface area contributed by atoms with Crippen molar-refractivity contribution in [1.82, 2.24) is 20.4 Å². The predicted octanol–water partition coefficient (Wildman–Crippen LogP) is 3.30. The van der Waals surface area contributed by atoms with E-state index in [0.717, 1.165) is 36.8 Å². The van der Waals surface area contributed by atoms with Crippen molar-refractivity contribution in [3.05, 3.63) is 47.8 Å². The van der Waals surface area contributed by atoms with E-state index in [1.807, 2.05) is 31.6 Å². The van der Waals surface area contributed by atoms with Crippen LogP contribution in [-0.2, 0) is 13.6 Å². The number of ether oxygens (including phenoxy) is 1. The van der Waals surface area contributed by atoms with Crippen molar-refractivity contribution >= 4 is 29.9 Å². The summed E-state index contributed by atoms with van der Waals surface area (Å²) in [6.45, 7) is 6.64. The molecule has 2 N–H and O–H groups in total. The molecule has 0 saturated heterocycles. The molecular formula is C19H30IN5O. The Morgan fingerprint density at radius 3 is 2.58 bits per heavy atom. The highest BCUT2D eigenvalue weighted by molar-refractivity contribution is 14.0. The molecule has 0 bridgehead atoms. The highest BCUT2D eigenvalue weighted by Gasteiger charge is 2.06. The molecule has 0 amide bonds. The molecule has 1 heterocycles. The van der Waals surface area contributed by atoms with E-state index in [1.165, 1.54) is 5.56 Å². The van der Waals surface area contributed by atoms with Gasteiger partial charge in [-0.1, -0.05) is 19.1 Å². The zero-order valence-corrected chi connectivity index (χ0v) is 18.4. The third-order valence-corrected chi connectivity index (χ3v) is 4.08. The summed E-state index contributed by atoms with van der Waals surface area (Å²) in [5.41, 5.74) is 2.42. The molecule has 7 heteroatoms. The normalized spacial score (nSPS) is 12.2. The first-order valence-corrected chi connectivity index (χ1v) is 8.76. The van der Waals surface area contributed by atoms with Crippen LogP contribution in [0, 0.1) is 0 Å². The topological polar surface area (TPSA) is 63.5 Å². The number of hydrogen-bond donors (Lipinski definition) is 2. The van der Waals surface area contributed by atoms with Gasteiger partial charge in [0.2, 0.25) is 0 Å². The minimum atomic E-state index is 0. The Morgan fingerprint density at radius 2 is 2.00 bits per heavy atom. The molecule has 0 fully saturated rings. The minimum Gasteiger partial charge on any atom is -0.497 e. The molecule has 0 radical (unpaired) electrons. The molecule has 0 spiro atoms. The van der Waals surface area contributed by atoms with E-state index >= 15 is 0 Å². The zero-order valence-electron chi connectivity index (χ0n) is 16.0. The molecule has 1 atom stereocenters. The number of hydrogen-bond acceptors (Lipinski definition) is 3. The van der Waals surface area contributed by atoms with Gasteiger partial charge < -0.3 is 15.4 Å². The van der Waals surface area contributed by atoms with Gasteiger partial charge in [-0.3, -0.25) is 4.68 Å². The maximum absolute atomic E-state index is 5.21. The summed E-state index contributed by atoms with van der Waals surface area (Å²) >= 11 is 0. The Kier molecular flexibility index (Phi) is 10.1. The number of rotatable bonds is 8. The van der Waals surface area contributed by atoms with Crippen LogP contribution in [0.1, 0.15) is 37.3 Å². The van der Waals surface area contributed by atoms with Crippen LogP contribution in [0.25, 0.3) is 0 Å². The van der Waals surface area contributed by atoms with Crippen molar-refractivity contribution in [1.29, 1.82) is 0 Å². The van der Waals surface area contributed by atoms with Gasteiger partial charge in [0.1, 0.15) is 5.75 Å². The van der Waals surface area contributed by atoms with Crippen LogP contribution in [0.2, 0.25) is 0 Å². The van der Waals surface area contributed by atoms with Gasteiger partial charge in [0.05, 0.1) is 19.9 Å². The first kappa shape index (κ1) is 22.3. The van der Waals surface area contributed by atoms with Crippen molar-refractivity contribution < 1.29 is 4.74 Å². The average Bonchev–Trinajstić information content (AvgIpc) is 3.05. The number of halogens is 1. The molecule has 1 unspecified atom stereocenters. The second kappa shape index (κ2) is 11.8. The number of nitrogens with zero attached hydrogens (tertiary/aromatic N) is 3. The molecule has 26 heavy (non-hydrogen) atoms. The molecule has 0 saturated carbocycles. The van der Waals surface area contributed by atoms with Crippen molar-refractivity contribution in [2.45, 2.75) is 32.7 Å². The summed E-state index contributed by atoms with van der Waals surface area (Å²) in [6.07, 6.45) is 4.86. The second-order valence-electron chi connectivity index (χ2n) is 6.11. The number of aromatic nitrogens is 2. The fourth-order valence-corrected chi connectivity index (χ4v) is 2.57. The summed E-state index contributed by atoms with van der Waals surface area (Å²) < 4.78 is 7.00. The average molecular weight is 471 g/mol. The maximum atomic E-state index is 5.21. The molecule has 0 aliphatic rings. The van der Waals surface area contributed by atoms with E-state index in [2.05, 4.69) is 46.7 Å². The first-order chi connectivity index (χ1) is 12.1. The van der Waals surface area contributed by atoms with E-state index in [4.69, 9.17) is 4.74 Å². The van der Waals surface area contributed by atoms with Crippen LogP contribution >= 0.6 is 24.0 Å². The molecular weight excluding hydrogens is 441 g/mol. The third kappa shape index (κ3) is 7.23. The molecule has 144 valence electrons. The molecule has 2 aromatic rings. The van der Waals surface area contributed by atoms with E-state index < -0.39 is 0 Å². The van der Waals surface area contributed by atoms with Gasteiger partial charge in [-0.25, -0.2) is 4.99 Å². The Bertz CT molecular complexity index is 669. The van der Waals surface area contributed by atoms with Crippen LogP contribution < -0.4 is 15.4 Å². The molecule has 2 rings (SSSR count). The van der Waals surface area contributed by atoms with E-state index in [0.29, 0.717) is 12.5 Å². The smallest absolute Gasteiger partial charge is 0.191 e. The SMILES string of the molecule is CCNC(=NCc1cnn(C)c1)NCCC(C)c1ccc(OC)cc1.I. The molecule has 6 nitrogen and oxygen atoms in total. The molecule has 1 aromatic heterocycles. The first-order valence-electron chi connectivity index (χ1n) is 8.76. The van der Waals surface area contributed by atoms with Gasteiger partial charge in [-0.05, 0) is 37.0 Å². The number of methoxy groups -OCH3 is 1. The maximum Gasteiger partial charge on any atom is 0.191 e.